The molecule has 1 fully saturated rings. The fraction of sp³-hybridized carbons (Fsp3) is 0.185. The molecule has 1 aliphatic rings. The number of ether oxygens (including phenoxy) is 1. The van der Waals surface area contributed by atoms with E-state index < -0.39 is 0 Å². The van der Waals surface area contributed by atoms with Crippen LogP contribution in [0.5, 0.6) is 5.75 Å². The van der Waals surface area contributed by atoms with Crippen LogP contribution in [-0.2, 0) is 11.3 Å². The molecule has 0 bridgehead atoms. The summed E-state index contributed by atoms with van der Waals surface area (Å²) in [5, 5.41) is 2.41. The first-order valence-electron chi connectivity index (χ1n) is 10.9. The van der Waals surface area contributed by atoms with Gasteiger partial charge in [-0.1, -0.05) is 48.5 Å². The van der Waals surface area contributed by atoms with E-state index in [0.29, 0.717) is 6.54 Å². The maximum atomic E-state index is 13.3. The third-order valence-corrected chi connectivity index (χ3v) is 6.00. The van der Waals surface area contributed by atoms with Crippen LogP contribution in [0.4, 0.5) is 0 Å². The Morgan fingerprint density at radius 3 is 2.81 bits per heavy atom. The van der Waals surface area contributed by atoms with Crippen LogP contribution in [0.15, 0.2) is 85.0 Å². The van der Waals surface area contributed by atoms with Crippen LogP contribution in [0.2, 0.25) is 0 Å². The number of hydrogen-bond acceptors (Lipinski definition) is 3. The average Bonchev–Trinajstić information content (AvgIpc) is 3.36. The molecule has 0 N–H and O–H groups in total. The third kappa shape index (κ3) is 3.89. The van der Waals surface area contributed by atoms with Crippen molar-refractivity contribution < 1.29 is 9.53 Å². The number of aromatic nitrogens is 2. The molecule has 2 heterocycles. The molecule has 160 valence electrons. The number of carbonyl (C=O) groups excluding carboxylic acids is 1. The molecular formula is C27H25N3O2. The van der Waals surface area contributed by atoms with E-state index in [0.717, 1.165) is 42.0 Å². The van der Waals surface area contributed by atoms with Gasteiger partial charge in [0.05, 0.1) is 19.1 Å². The Balaban J connectivity index is 1.40. The number of rotatable bonds is 5. The largest absolute Gasteiger partial charge is 0.495 e. The second-order valence-corrected chi connectivity index (χ2v) is 8.04. The minimum atomic E-state index is 0.113. The topological polar surface area (TPSA) is 47.4 Å². The van der Waals surface area contributed by atoms with Gasteiger partial charge in [0, 0.05) is 31.1 Å². The number of carbonyl (C=O) groups is 1. The van der Waals surface area contributed by atoms with Crippen LogP contribution in [-0.4, -0.2) is 34.0 Å². The molecule has 0 saturated carbocycles. The summed E-state index contributed by atoms with van der Waals surface area (Å²) in [6, 6.07) is 20.6. The van der Waals surface area contributed by atoms with Crippen molar-refractivity contribution in [1.29, 1.82) is 0 Å². The summed E-state index contributed by atoms with van der Waals surface area (Å²) < 4.78 is 7.50. The number of methoxy groups -OCH3 is 1. The number of nitrogens with zero attached hydrogens (tertiary/aromatic N) is 3. The van der Waals surface area contributed by atoms with E-state index in [-0.39, 0.29) is 5.91 Å². The SMILES string of the molecule is COc1cc(C=C2CCCN(Cc3cccc4ccccc34)C2=O)ccc1-n1ccnc1. The normalized spacial score (nSPS) is 15.5. The lowest BCUT2D eigenvalue weighted by Gasteiger charge is -2.29. The van der Waals surface area contributed by atoms with Gasteiger partial charge in [0.1, 0.15) is 5.75 Å². The van der Waals surface area contributed by atoms with Gasteiger partial charge in [0.2, 0.25) is 5.91 Å². The number of likely N-dealkylation sites (tertiary alicyclic amines) is 1. The van der Waals surface area contributed by atoms with E-state index >= 15 is 0 Å². The van der Waals surface area contributed by atoms with Gasteiger partial charge in [0.25, 0.3) is 0 Å². The minimum Gasteiger partial charge on any atom is -0.495 e. The predicted octanol–water partition coefficient (Wildman–Crippen LogP) is 5.24. The van der Waals surface area contributed by atoms with Gasteiger partial charge in [0.15, 0.2) is 0 Å². The summed E-state index contributed by atoms with van der Waals surface area (Å²) in [7, 11) is 1.66. The van der Waals surface area contributed by atoms with Crippen molar-refractivity contribution in [2.75, 3.05) is 13.7 Å². The van der Waals surface area contributed by atoms with Gasteiger partial charge in [-0.25, -0.2) is 4.98 Å². The highest BCUT2D eigenvalue weighted by Gasteiger charge is 2.23. The quantitative estimate of drug-likeness (QED) is 0.413. The smallest absolute Gasteiger partial charge is 0.250 e. The zero-order valence-corrected chi connectivity index (χ0v) is 18.1. The molecule has 5 rings (SSSR count). The molecule has 1 aliphatic heterocycles. The van der Waals surface area contributed by atoms with Crippen molar-refractivity contribution in [1.82, 2.24) is 14.5 Å². The lowest BCUT2D eigenvalue weighted by atomic mass is 9.98. The number of amides is 1. The van der Waals surface area contributed by atoms with E-state index in [4.69, 9.17) is 4.74 Å². The number of piperidine rings is 1. The second kappa shape index (κ2) is 8.71. The fourth-order valence-electron chi connectivity index (χ4n) is 4.39. The highest BCUT2D eigenvalue weighted by atomic mass is 16.5. The van der Waals surface area contributed by atoms with E-state index in [1.807, 2.05) is 46.0 Å². The van der Waals surface area contributed by atoms with Crippen LogP contribution in [0, 0.1) is 0 Å². The van der Waals surface area contributed by atoms with Crippen molar-refractivity contribution in [3.63, 3.8) is 0 Å². The molecule has 0 radical (unpaired) electrons. The third-order valence-electron chi connectivity index (χ3n) is 6.00. The molecule has 0 unspecified atom stereocenters. The molecule has 1 amide bonds. The molecule has 4 aromatic rings. The monoisotopic (exact) mass is 423 g/mol. The number of imidazole rings is 1. The summed E-state index contributed by atoms with van der Waals surface area (Å²) in [6.07, 6.45) is 9.11. The molecule has 5 nitrogen and oxygen atoms in total. The van der Waals surface area contributed by atoms with Crippen molar-refractivity contribution in [3.05, 3.63) is 96.1 Å². The van der Waals surface area contributed by atoms with Crippen molar-refractivity contribution >= 4 is 22.8 Å². The number of fused-ring (bicyclic) bond motifs is 1. The summed E-state index contributed by atoms with van der Waals surface area (Å²) in [4.78, 5) is 19.4. The highest BCUT2D eigenvalue weighted by molar-refractivity contribution is 5.99. The first kappa shape index (κ1) is 20.1. The van der Waals surface area contributed by atoms with Gasteiger partial charge >= 0.3 is 0 Å². The van der Waals surface area contributed by atoms with E-state index in [1.165, 1.54) is 16.3 Å². The molecule has 32 heavy (non-hydrogen) atoms. The van der Waals surface area contributed by atoms with Gasteiger partial charge in [-0.2, -0.15) is 0 Å². The lowest BCUT2D eigenvalue weighted by molar-refractivity contribution is -0.129. The standard InChI is InChI=1S/C27H25N3O2/c1-32-26-17-20(11-12-25(26)30-15-13-28-19-30)16-22-9-5-14-29(27(22)31)18-23-8-4-7-21-6-2-3-10-24(21)23/h2-4,6-8,10-13,15-17,19H,5,9,14,18H2,1H3. The fourth-order valence-corrected chi connectivity index (χ4v) is 4.39. The highest BCUT2D eigenvalue weighted by Crippen LogP contribution is 2.28. The Labute approximate surface area is 187 Å². The van der Waals surface area contributed by atoms with Crippen LogP contribution < -0.4 is 4.74 Å². The van der Waals surface area contributed by atoms with Crippen molar-refractivity contribution in [3.8, 4) is 11.4 Å². The molecule has 0 spiro atoms. The average molecular weight is 424 g/mol. The number of benzene rings is 3. The summed E-state index contributed by atoms with van der Waals surface area (Å²) in [5.74, 6) is 0.857. The van der Waals surface area contributed by atoms with Gasteiger partial charge in [-0.05, 0) is 52.9 Å². The Kier molecular flexibility index (Phi) is 5.46. The lowest BCUT2D eigenvalue weighted by Crippen LogP contribution is -2.36. The van der Waals surface area contributed by atoms with Crippen LogP contribution in [0.25, 0.3) is 22.5 Å². The molecular weight excluding hydrogens is 398 g/mol. The van der Waals surface area contributed by atoms with E-state index in [1.54, 1.807) is 19.6 Å². The Bertz CT molecular complexity index is 1290. The minimum absolute atomic E-state index is 0.113. The van der Waals surface area contributed by atoms with Crippen molar-refractivity contribution in [2.45, 2.75) is 19.4 Å². The maximum Gasteiger partial charge on any atom is 0.250 e. The zero-order valence-electron chi connectivity index (χ0n) is 18.1. The van der Waals surface area contributed by atoms with Crippen molar-refractivity contribution in [2.24, 2.45) is 0 Å². The van der Waals surface area contributed by atoms with E-state index in [2.05, 4.69) is 41.4 Å². The van der Waals surface area contributed by atoms with Gasteiger partial charge < -0.3 is 14.2 Å². The van der Waals surface area contributed by atoms with Crippen LogP contribution in [0.1, 0.15) is 24.0 Å². The molecule has 5 heteroatoms. The Hall–Kier alpha value is -3.86. The van der Waals surface area contributed by atoms with Gasteiger partial charge in [-0.3, -0.25) is 4.79 Å². The molecule has 3 aromatic carbocycles. The zero-order chi connectivity index (χ0) is 21.9. The Morgan fingerprint density at radius 2 is 1.97 bits per heavy atom. The maximum absolute atomic E-state index is 13.3. The van der Waals surface area contributed by atoms with Crippen LogP contribution in [0.3, 0.4) is 0 Å². The summed E-state index contributed by atoms with van der Waals surface area (Å²) in [6.45, 7) is 1.41. The van der Waals surface area contributed by atoms with E-state index in [9.17, 15) is 4.79 Å². The Morgan fingerprint density at radius 1 is 1.09 bits per heavy atom. The number of hydrogen-bond donors (Lipinski definition) is 0. The summed E-state index contributed by atoms with van der Waals surface area (Å²) in [5.41, 5.74) is 3.90. The predicted molar refractivity (Wildman–Crippen MR) is 127 cm³/mol. The molecule has 1 saturated heterocycles. The summed E-state index contributed by atoms with van der Waals surface area (Å²) >= 11 is 0. The first-order valence-corrected chi connectivity index (χ1v) is 10.9. The first-order chi connectivity index (χ1) is 15.7. The second-order valence-electron chi connectivity index (χ2n) is 8.04. The van der Waals surface area contributed by atoms with Crippen LogP contribution >= 0.6 is 0 Å². The molecule has 1 aromatic heterocycles. The van der Waals surface area contributed by atoms with Gasteiger partial charge in [-0.15, -0.1) is 0 Å². The molecule has 0 aliphatic carbocycles. The molecule has 0 atom stereocenters.